The van der Waals surface area contributed by atoms with Crippen LogP contribution >= 0.6 is 11.6 Å². The molecule has 0 radical (unpaired) electrons. The van der Waals surface area contributed by atoms with Gasteiger partial charge in [0.2, 0.25) is 0 Å². The van der Waals surface area contributed by atoms with E-state index in [-0.39, 0.29) is 5.41 Å². The Labute approximate surface area is 175 Å². The van der Waals surface area contributed by atoms with Crippen LogP contribution in [0.3, 0.4) is 0 Å². The first-order valence-corrected chi connectivity index (χ1v) is 10.9. The topological polar surface area (TPSA) is 21.3 Å². The Hall–Kier alpha value is -1.35. The Morgan fingerprint density at radius 2 is 1.75 bits per heavy atom. The maximum absolute atomic E-state index is 6.11. The number of nitrogens with one attached hydrogen (secondary N) is 1. The lowest BCUT2D eigenvalue weighted by Crippen LogP contribution is -2.42. The lowest BCUT2D eigenvalue weighted by molar-refractivity contribution is -0.0470. The lowest BCUT2D eigenvalue weighted by Gasteiger charge is -2.43. The van der Waals surface area contributed by atoms with Crippen LogP contribution in [0.25, 0.3) is 0 Å². The zero-order valence-corrected chi connectivity index (χ0v) is 18.4. The van der Waals surface area contributed by atoms with Gasteiger partial charge >= 0.3 is 0 Å². The third-order valence-corrected chi connectivity index (χ3v) is 6.59. The van der Waals surface area contributed by atoms with Gasteiger partial charge in [0.15, 0.2) is 0 Å². The highest BCUT2D eigenvalue weighted by Gasteiger charge is 2.39. The number of aryl methyl sites for hydroxylation is 1. The van der Waals surface area contributed by atoms with Crippen molar-refractivity contribution < 1.29 is 4.74 Å². The standard InChI is InChI=1S/C25H34ClNO/c1-18(2)24-17-25(14-16-28-24,22-9-5-19(3)6-10-22)13-15-27-20(4)21-7-11-23(26)12-8-21/h5-12,18,20,24,27H,13-17H2,1-4H3/t20-,24+,25+/m1/s1. The van der Waals surface area contributed by atoms with Gasteiger partial charge < -0.3 is 10.1 Å². The SMILES string of the molecule is Cc1ccc([C@@]2(CCN[C@H](C)c3ccc(Cl)cc3)CCO[C@H](C(C)C)C2)cc1. The molecule has 0 aliphatic carbocycles. The maximum Gasteiger partial charge on any atom is 0.0606 e. The summed E-state index contributed by atoms with van der Waals surface area (Å²) in [5, 5.41) is 4.52. The number of benzene rings is 2. The molecule has 3 heteroatoms. The van der Waals surface area contributed by atoms with Gasteiger partial charge in [0.1, 0.15) is 0 Å². The Kier molecular flexibility index (Phi) is 7.20. The summed E-state index contributed by atoms with van der Waals surface area (Å²) in [5.74, 6) is 0.547. The number of ether oxygens (including phenoxy) is 1. The number of halogens is 1. The average molecular weight is 400 g/mol. The monoisotopic (exact) mass is 399 g/mol. The zero-order chi connectivity index (χ0) is 20.1. The van der Waals surface area contributed by atoms with Crippen molar-refractivity contribution in [3.63, 3.8) is 0 Å². The van der Waals surface area contributed by atoms with Crippen LogP contribution in [0.15, 0.2) is 48.5 Å². The van der Waals surface area contributed by atoms with E-state index in [1.165, 1.54) is 16.7 Å². The van der Waals surface area contributed by atoms with Crippen LogP contribution in [0.5, 0.6) is 0 Å². The minimum atomic E-state index is 0.188. The second-order valence-electron chi connectivity index (χ2n) is 8.73. The highest BCUT2D eigenvalue weighted by Crippen LogP contribution is 2.41. The van der Waals surface area contributed by atoms with Gasteiger partial charge in [0.05, 0.1) is 6.10 Å². The van der Waals surface area contributed by atoms with Crippen molar-refractivity contribution in [1.29, 1.82) is 0 Å². The fourth-order valence-electron chi connectivity index (χ4n) is 4.32. The van der Waals surface area contributed by atoms with Crippen LogP contribution in [0.2, 0.25) is 5.02 Å². The molecule has 0 spiro atoms. The molecule has 1 aliphatic rings. The molecule has 0 amide bonds. The molecule has 2 aromatic rings. The van der Waals surface area contributed by atoms with E-state index < -0.39 is 0 Å². The second-order valence-corrected chi connectivity index (χ2v) is 9.17. The quantitative estimate of drug-likeness (QED) is 0.576. The Balaban J connectivity index is 1.72. The first-order valence-electron chi connectivity index (χ1n) is 10.6. The normalized spacial score (nSPS) is 23.7. The summed E-state index contributed by atoms with van der Waals surface area (Å²) in [6.45, 7) is 10.8. The van der Waals surface area contributed by atoms with Gasteiger partial charge in [-0.3, -0.25) is 0 Å². The second kappa shape index (κ2) is 9.43. The zero-order valence-electron chi connectivity index (χ0n) is 17.7. The molecule has 2 nitrogen and oxygen atoms in total. The molecular weight excluding hydrogens is 366 g/mol. The van der Waals surface area contributed by atoms with E-state index in [0.29, 0.717) is 18.1 Å². The molecule has 0 saturated carbocycles. The van der Waals surface area contributed by atoms with Crippen molar-refractivity contribution in [2.45, 2.75) is 64.5 Å². The fraction of sp³-hybridized carbons (Fsp3) is 0.520. The van der Waals surface area contributed by atoms with Crippen LogP contribution in [0.4, 0.5) is 0 Å². The van der Waals surface area contributed by atoms with Crippen LogP contribution in [0.1, 0.15) is 62.8 Å². The van der Waals surface area contributed by atoms with E-state index in [1.807, 2.05) is 12.1 Å². The fourth-order valence-corrected chi connectivity index (χ4v) is 4.44. The van der Waals surface area contributed by atoms with Gasteiger partial charge in [-0.15, -0.1) is 0 Å². The summed E-state index contributed by atoms with van der Waals surface area (Å²) in [7, 11) is 0. The van der Waals surface area contributed by atoms with Crippen molar-refractivity contribution in [2.24, 2.45) is 5.92 Å². The molecule has 0 aromatic heterocycles. The summed E-state index contributed by atoms with van der Waals surface area (Å²) < 4.78 is 6.11. The predicted molar refractivity (Wildman–Crippen MR) is 119 cm³/mol. The molecule has 0 bridgehead atoms. The highest BCUT2D eigenvalue weighted by molar-refractivity contribution is 6.30. The van der Waals surface area contributed by atoms with Gasteiger partial charge in [-0.2, -0.15) is 0 Å². The average Bonchev–Trinajstić information content (AvgIpc) is 2.69. The van der Waals surface area contributed by atoms with E-state index in [1.54, 1.807) is 0 Å². The van der Waals surface area contributed by atoms with Crippen LogP contribution < -0.4 is 5.32 Å². The molecule has 28 heavy (non-hydrogen) atoms. The summed E-state index contributed by atoms with van der Waals surface area (Å²) in [4.78, 5) is 0. The van der Waals surface area contributed by atoms with E-state index in [4.69, 9.17) is 16.3 Å². The molecule has 1 N–H and O–H groups in total. The maximum atomic E-state index is 6.11. The smallest absolute Gasteiger partial charge is 0.0606 e. The summed E-state index contributed by atoms with van der Waals surface area (Å²) in [6, 6.07) is 17.6. The van der Waals surface area contributed by atoms with E-state index >= 15 is 0 Å². The molecule has 2 aromatic carbocycles. The van der Waals surface area contributed by atoms with Crippen LogP contribution in [-0.2, 0) is 10.2 Å². The van der Waals surface area contributed by atoms with Gasteiger partial charge in [-0.1, -0.05) is 67.4 Å². The first kappa shape index (κ1) is 21.4. The first-order chi connectivity index (χ1) is 13.4. The molecular formula is C25H34ClNO. The number of hydrogen-bond donors (Lipinski definition) is 1. The largest absolute Gasteiger partial charge is 0.378 e. The Morgan fingerprint density at radius 3 is 2.39 bits per heavy atom. The van der Waals surface area contributed by atoms with Crippen molar-refractivity contribution in [2.75, 3.05) is 13.2 Å². The van der Waals surface area contributed by atoms with Crippen molar-refractivity contribution in [1.82, 2.24) is 5.32 Å². The van der Waals surface area contributed by atoms with Gasteiger partial charge in [0, 0.05) is 23.1 Å². The predicted octanol–water partition coefficient (Wildman–Crippen LogP) is 6.46. The van der Waals surface area contributed by atoms with Crippen molar-refractivity contribution in [3.05, 3.63) is 70.2 Å². The molecule has 1 fully saturated rings. The number of hydrogen-bond acceptors (Lipinski definition) is 2. The third-order valence-electron chi connectivity index (χ3n) is 6.34. The highest BCUT2D eigenvalue weighted by atomic mass is 35.5. The molecule has 3 atom stereocenters. The molecule has 0 unspecified atom stereocenters. The van der Waals surface area contributed by atoms with Gasteiger partial charge in [-0.25, -0.2) is 0 Å². The summed E-state index contributed by atoms with van der Waals surface area (Å²) in [6.07, 6.45) is 3.66. The Bertz CT molecular complexity index is 740. The summed E-state index contributed by atoms with van der Waals surface area (Å²) in [5.41, 5.74) is 4.25. The third kappa shape index (κ3) is 5.17. The summed E-state index contributed by atoms with van der Waals surface area (Å²) >= 11 is 6.03. The Morgan fingerprint density at radius 1 is 1.07 bits per heavy atom. The van der Waals surface area contributed by atoms with Gasteiger partial charge in [-0.05, 0) is 68.8 Å². The lowest BCUT2D eigenvalue weighted by atomic mass is 9.68. The van der Waals surface area contributed by atoms with E-state index in [2.05, 4.69) is 69.4 Å². The molecule has 1 saturated heterocycles. The molecule has 1 aliphatic heterocycles. The molecule has 152 valence electrons. The van der Waals surface area contributed by atoms with Gasteiger partial charge in [0.25, 0.3) is 0 Å². The van der Waals surface area contributed by atoms with Crippen LogP contribution in [-0.4, -0.2) is 19.3 Å². The van der Waals surface area contributed by atoms with Crippen molar-refractivity contribution in [3.8, 4) is 0 Å². The minimum Gasteiger partial charge on any atom is -0.378 e. The van der Waals surface area contributed by atoms with Crippen molar-refractivity contribution >= 4 is 11.6 Å². The van der Waals surface area contributed by atoms with Crippen LogP contribution in [0, 0.1) is 12.8 Å². The molecule has 3 rings (SSSR count). The molecule has 1 heterocycles. The minimum absolute atomic E-state index is 0.188. The van der Waals surface area contributed by atoms with E-state index in [9.17, 15) is 0 Å². The number of rotatable bonds is 7. The van der Waals surface area contributed by atoms with E-state index in [0.717, 1.165) is 37.4 Å².